The van der Waals surface area contributed by atoms with Gasteiger partial charge in [0.1, 0.15) is 0 Å². The Morgan fingerprint density at radius 3 is 2.67 bits per heavy atom. The van der Waals surface area contributed by atoms with Crippen molar-refractivity contribution >= 4 is 17.6 Å². The van der Waals surface area contributed by atoms with Gasteiger partial charge in [-0.1, -0.05) is 13.0 Å². The van der Waals surface area contributed by atoms with Crippen LogP contribution in [-0.2, 0) is 9.53 Å². The number of esters is 1. The number of nitro groups is 1. The molecule has 0 aliphatic rings. The molecule has 0 aliphatic heterocycles. The average molecular weight is 294 g/mol. The minimum absolute atomic E-state index is 0.0439. The molecule has 114 valence electrons. The van der Waals surface area contributed by atoms with Crippen molar-refractivity contribution < 1.29 is 19.2 Å². The van der Waals surface area contributed by atoms with Gasteiger partial charge in [0.25, 0.3) is 11.6 Å². The van der Waals surface area contributed by atoms with E-state index in [1.807, 2.05) is 6.92 Å². The molecule has 7 nitrogen and oxygen atoms in total. The molecule has 1 N–H and O–H groups in total. The van der Waals surface area contributed by atoms with Gasteiger partial charge in [-0.25, -0.2) is 4.79 Å². The van der Waals surface area contributed by atoms with Crippen LogP contribution in [0.3, 0.4) is 0 Å². The van der Waals surface area contributed by atoms with Crippen LogP contribution in [0.4, 0.5) is 5.69 Å². The number of hydrogen-bond donors (Lipinski definition) is 1. The molecule has 0 bridgehead atoms. The van der Waals surface area contributed by atoms with Crippen LogP contribution in [0.15, 0.2) is 18.2 Å². The molecule has 1 amide bonds. The Morgan fingerprint density at radius 1 is 1.43 bits per heavy atom. The standard InChI is InChI=1S/C14H18N2O5/c1-4-7-15-13(17)10(3)21-14(18)11-6-5-9(2)12(8-11)16(19)20/h5-6,8,10H,4,7H2,1-3H3,(H,15,17). The molecule has 0 saturated carbocycles. The van der Waals surface area contributed by atoms with Crippen LogP contribution in [0.2, 0.25) is 0 Å². The van der Waals surface area contributed by atoms with E-state index in [2.05, 4.69) is 5.32 Å². The van der Waals surface area contributed by atoms with Crippen LogP contribution < -0.4 is 5.32 Å². The van der Waals surface area contributed by atoms with Crippen molar-refractivity contribution in [3.05, 3.63) is 39.4 Å². The predicted molar refractivity (Wildman–Crippen MR) is 76.0 cm³/mol. The highest BCUT2D eigenvalue weighted by Gasteiger charge is 2.20. The number of nitrogens with one attached hydrogen (secondary N) is 1. The molecular weight excluding hydrogens is 276 g/mol. The zero-order valence-electron chi connectivity index (χ0n) is 12.2. The number of amides is 1. The first kappa shape index (κ1) is 16.6. The average Bonchev–Trinajstić information content (AvgIpc) is 2.44. The summed E-state index contributed by atoms with van der Waals surface area (Å²) >= 11 is 0. The monoisotopic (exact) mass is 294 g/mol. The van der Waals surface area contributed by atoms with Crippen LogP contribution >= 0.6 is 0 Å². The highest BCUT2D eigenvalue weighted by Crippen LogP contribution is 2.20. The summed E-state index contributed by atoms with van der Waals surface area (Å²) in [4.78, 5) is 33.8. The van der Waals surface area contributed by atoms with E-state index in [-0.39, 0.29) is 11.3 Å². The molecule has 0 radical (unpaired) electrons. The Hall–Kier alpha value is -2.44. The third-order valence-corrected chi connectivity index (χ3v) is 2.84. The largest absolute Gasteiger partial charge is 0.449 e. The van der Waals surface area contributed by atoms with Crippen molar-refractivity contribution in [2.24, 2.45) is 0 Å². The quantitative estimate of drug-likeness (QED) is 0.491. The summed E-state index contributed by atoms with van der Waals surface area (Å²) in [5.74, 6) is -1.16. The molecule has 0 aliphatic carbocycles. The lowest BCUT2D eigenvalue weighted by Gasteiger charge is -2.13. The Balaban J connectivity index is 2.78. The number of carbonyl (C=O) groups excluding carboxylic acids is 2. The SMILES string of the molecule is CCCNC(=O)C(C)OC(=O)c1ccc(C)c([N+](=O)[O-])c1. The van der Waals surface area contributed by atoms with Gasteiger partial charge in [-0.2, -0.15) is 0 Å². The Kier molecular flexibility index (Phi) is 5.83. The smallest absolute Gasteiger partial charge is 0.339 e. The first-order chi connectivity index (χ1) is 9.86. The molecule has 0 aromatic heterocycles. The van der Waals surface area contributed by atoms with Crippen LogP contribution in [0.1, 0.15) is 36.2 Å². The normalized spacial score (nSPS) is 11.6. The van der Waals surface area contributed by atoms with E-state index >= 15 is 0 Å². The fourth-order valence-electron chi connectivity index (χ4n) is 1.61. The van der Waals surface area contributed by atoms with E-state index in [0.717, 1.165) is 12.5 Å². The number of ether oxygens (including phenoxy) is 1. The highest BCUT2D eigenvalue weighted by atomic mass is 16.6. The molecule has 7 heteroatoms. The molecule has 0 fully saturated rings. The predicted octanol–water partition coefficient (Wildman–Crippen LogP) is 1.97. The van der Waals surface area contributed by atoms with Crippen molar-refractivity contribution in [1.82, 2.24) is 5.32 Å². The molecule has 1 aromatic carbocycles. The van der Waals surface area contributed by atoms with Crippen LogP contribution in [0.5, 0.6) is 0 Å². The van der Waals surface area contributed by atoms with Gasteiger partial charge >= 0.3 is 5.97 Å². The van der Waals surface area contributed by atoms with Gasteiger partial charge in [0.2, 0.25) is 0 Å². The summed E-state index contributed by atoms with van der Waals surface area (Å²) < 4.78 is 5.00. The summed E-state index contributed by atoms with van der Waals surface area (Å²) in [6, 6.07) is 4.05. The van der Waals surface area contributed by atoms with Crippen molar-refractivity contribution in [3.63, 3.8) is 0 Å². The van der Waals surface area contributed by atoms with E-state index in [1.165, 1.54) is 19.1 Å². The second kappa shape index (κ2) is 7.37. The number of rotatable bonds is 6. The van der Waals surface area contributed by atoms with Gasteiger partial charge in [-0.05, 0) is 26.3 Å². The number of nitro benzene ring substituents is 1. The third-order valence-electron chi connectivity index (χ3n) is 2.84. The zero-order valence-corrected chi connectivity index (χ0v) is 12.2. The van der Waals surface area contributed by atoms with Crippen molar-refractivity contribution in [2.45, 2.75) is 33.3 Å². The molecule has 0 heterocycles. The molecular formula is C14H18N2O5. The molecule has 1 atom stereocenters. The van der Waals surface area contributed by atoms with E-state index in [1.54, 1.807) is 6.92 Å². The summed E-state index contributed by atoms with van der Waals surface area (Å²) in [6.07, 6.45) is -0.180. The molecule has 1 aromatic rings. The summed E-state index contributed by atoms with van der Waals surface area (Å²) in [5, 5.41) is 13.4. The maximum atomic E-state index is 11.9. The van der Waals surface area contributed by atoms with Crippen LogP contribution in [0, 0.1) is 17.0 Å². The highest BCUT2D eigenvalue weighted by molar-refractivity contribution is 5.92. The molecule has 21 heavy (non-hydrogen) atoms. The van der Waals surface area contributed by atoms with E-state index < -0.39 is 22.9 Å². The van der Waals surface area contributed by atoms with E-state index in [9.17, 15) is 19.7 Å². The lowest BCUT2D eigenvalue weighted by molar-refractivity contribution is -0.385. The summed E-state index contributed by atoms with van der Waals surface area (Å²) in [5.41, 5.74) is 0.334. The number of carbonyl (C=O) groups is 2. The summed E-state index contributed by atoms with van der Waals surface area (Å²) in [7, 11) is 0. The molecule has 1 rings (SSSR count). The van der Waals surface area contributed by atoms with Gasteiger partial charge < -0.3 is 10.1 Å². The van der Waals surface area contributed by atoms with Crippen molar-refractivity contribution in [1.29, 1.82) is 0 Å². The Morgan fingerprint density at radius 2 is 2.10 bits per heavy atom. The minimum Gasteiger partial charge on any atom is -0.449 e. The Labute approximate surface area is 122 Å². The van der Waals surface area contributed by atoms with Gasteiger partial charge in [-0.3, -0.25) is 14.9 Å². The van der Waals surface area contributed by atoms with Crippen LogP contribution in [0.25, 0.3) is 0 Å². The maximum absolute atomic E-state index is 11.9. The van der Waals surface area contributed by atoms with Crippen LogP contribution in [-0.4, -0.2) is 29.4 Å². The number of aryl methyl sites for hydroxylation is 1. The first-order valence-corrected chi connectivity index (χ1v) is 6.60. The Bertz CT molecular complexity index is 556. The zero-order chi connectivity index (χ0) is 16.0. The fourth-order valence-corrected chi connectivity index (χ4v) is 1.61. The van der Waals surface area contributed by atoms with Gasteiger partial charge in [0.15, 0.2) is 6.10 Å². The van der Waals surface area contributed by atoms with E-state index in [0.29, 0.717) is 12.1 Å². The summed E-state index contributed by atoms with van der Waals surface area (Å²) in [6.45, 7) is 5.43. The number of nitrogens with zero attached hydrogens (tertiary/aromatic N) is 1. The number of benzene rings is 1. The van der Waals surface area contributed by atoms with Crippen molar-refractivity contribution in [3.8, 4) is 0 Å². The number of hydrogen-bond acceptors (Lipinski definition) is 5. The molecule has 1 unspecified atom stereocenters. The third kappa shape index (κ3) is 4.55. The maximum Gasteiger partial charge on any atom is 0.339 e. The van der Waals surface area contributed by atoms with Gasteiger partial charge in [0.05, 0.1) is 10.5 Å². The lowest BCUT2D eigenvalue weighted by Crippen LogP contribution is -2.36. The fraction of sp³-hybridized carbons (Fsp3) is 0.429. The van der Waals surface area contributed by atoms with Gasteiger partial charge in [0, 0.05) is 18.2 Å². The molecule has 0 spiro atoms. The first-order valence-electron chi connectivity index (χ1n) is 6.60. The van der Waals surface area contributed by atoms with Gasteiger partial charge in [-0.15, -0.1) is 0 Å². The molecule has 0 saturated heterocycles. The van der Waals surface area contributed by atoms with Crippen molar-refractivity contribution in [2.75, 3.05) is 6.54 Å². The second-order valence-corrected chi connectivity index (χ2v) is 4.60. The topological polar surface area (TPSA) is 98.5 Å². The van der Waals surface area contributed by atoms with E-state index in [4.69, 9.17) is 4.74 Å². The lowest BCUT2D eigenvalue weighted by atomic mass is 10.1. The second-order valence-electron chi connectivity index (χ2n) is 4.60. The minimum atomic E-state index is -0.954.